The molecule has 1 atom stereocenters. The first-order valence-corrected chi connectivity index (χ1v) is 9.67. The molecule has 3 heterocycles. The molecule has 0 aliphatic carbocycles. The van der Waals surface area contributed by atoms with E-state index in [0.29, 0.717) is 47.2 Å². The van der Waals surface area contributed by atoms with Crippen LogP contribution in [0.4, 0.5) is 11.6 Å². The fraction of sp³-hybridized carbons (Fsp3) is 0.200. The van der Waals surface area contributed by atoms with Gasteiger partial charge in [0.05, 0.1) is 6.42 Å². The van der Waals surface area contributed by atoms with Crippen molar-refractivity contribution in [2.75, 3.05) is 23.8 Å². The number of rotatable bonds is 4. The van der Waals surface area contributed by atoms with Crippen LogP contribution in [0.15, 0.2) is 42.5 Å². The van der Waals surface area contributed by atoms with Gasteiger partial charge in [-0.15, -0.1) is 5.10 Å². The Labute approximate surface area is 176 Å². The molecule has 1 aromatic heterocycles. The average molecular weight is 426 g/mol. The number of carbonyl (C=O) groups excluding carboxylic acids is 2. The molecular weight excluding hydrogens is 410 g/mol. The van der Waals surface area contributed by atoms with Crippen LogP contribution in [0.5, 0.6) is 11.5 Å². The molecule has 5 rings (SSSR count). The van der Waals surface area contributed by atoms with Crippen LogP contribution in [0.1, 0.15) is 12.5 Å². The number of nitrogens with zero attached hydrogens (tertiary/aromatic N) is 3. The summed E-state index contributed by atoms with van der Waals surface area (Å²) in [6.07, 6.45) is -0.0866. The second kappa shape index (κ2) is 7.34. The van der Waals surface area contributed by atoms with Crippen LogP contribution in [0.25, 0.3) is 11.4 Å². The summed E-state index contributed by atoms with van der Waals surface area (Å²) in [4.78, 5) is 29.2. The third-order valence-electron chi connectivity index (χ3n) is 4.77. The highest BCUT2D eigenvalue weighted by Gasteiger charge is 2.35. The molecule has 2 amide bonds. The predicted molar refractivity (Wildman–Crippen MR) is 109 cm³/mol. The highest BCUT2D eigenvalue weighted by molar-refractivity contribution is 6.30. The summed E-state index contributed by atoms with van der Waals surface area (Å²) in [5, 5.41) is 10.5. The zero-order valence-corrected chi connectivity index (χ0v) is 16.3. The molecule has 3 aromatic rings. The van der Waals surface area contributed by atoms with E-state index < -0.39 is 6.04 Å². The van der Waals surface area contributed by atoms with E-state index in [1.165, 1.54) is 4.68 Å². The Morgan fingerprint density at radius 2 is 1.93 bits per heavy atom. The third-order valence-corrected chi connectivity index (χ3v) is 5.02. The van der Waals surface area contributed by atoms with Gasteiger partial charge in [-0.1, -0.05) is 11.6 Å². The third kappa shape index (κ3) is 3.43. The molecule has 0 saturated carbocycles. The number of amides is 2. The predicted octanol–water partition coefficient (Wildman–Crippen LogP) is 2.89. The van der Waals surface area contributed by atoms with Crippen molar-refractivity contribution in [3.05, 3.63) is 47.5 Å². The Bertz CT molecular complexity index is 1140. The van der Waals surface area contributed by atoms with Gasteiger partial charge in [-0.2, -0.15) is 4.98 Å². The average Bonchev–Trinajstić information content (AvgIpc) is 3.27. The van der Waals surface area contributed by atoms with Crippen molar-refractivity contribution in [1.82, 2.24) is 14.8 Å². The molecule has 0 fully saturated rings. The minimum absolute atomic E-state index is 0.0866. The van der Waals surface area contributed by atoms with Crippen molar-refractivity contribution in [2.24, 2.45) is 0 Å². The zero-order valence-electron chi connectivity index (χ0n) is 15.6. The zero-order chi connectivity index (χ0) is 20.7. The van der Waals surface area contributed by atoms with E-state index in [-0.39, 0.29) is 18.2 Å². The Hall–Kier alpha value is -3.59. The number of halogens is 1. The summed E-state index contributed by atoms with van der Waals surface area (Å²) in [5.74, 6) is 1.30. The lowest BCUT2D eigenvalue weighted by Crippen LogP contribution is -2.24. The maximum Gasteiger partial charge on any atom is 0.252 e. The van der Waals surface area contributed by atoms with E-state index in [1.54, 1.807) is 42.5 Å². The van der Waals surface area contributed by atoms with Gasteiger partial charge in [0.1, 0.15) is 19.3 Å². The molecule has 2 N–H and O–H groups in total. The van der Waals surface area contributed by atoms with E-state index in [4.69, 9.17) is 21.1 Å². The van der Waals surface area contributed by atoms with Crippen molar-refractivity contribution >= 4 is 35.1 Å². The number of aromatic nitrogens is 3. The van der Waals surface area contributed by atoms with Crippen LogP contribution in [0.2, 0.25) is 5.02 Å². The van der Waals surface area contributed by atoms with Crippen LogP contribution in [0, 0.1) is 0 Å². The molecule has 2 aliphatic rings. The summed E-state index contributed by atoms with van der Waals surface area (Å²) in [7, 11) is 0. The topological polar surface area (TPSA) is 107 Å². The molecule has 10 heteroatoms. The summed E-state index contributed by atoms with van der Waals surface area (Å²) in [6.45, 7) is 0.950. The number of carbonyl (C=O) groups is 2. The monoisotopic (exact) mass is 425 g/mol. The molecule has 0 bridgehead atoms. The fourth-order valence-electron chi connectivity index (χ4n) is 3.34. The number of hydrogen-bond donors (Lipinski definition) is 2. The van der Waals surface area contributed by atoms with Gasteiger partial charge in [0.15, 0.2) is 17.3 Å². The lowest BCUT2D eigenvalue weighted by molar-refractivity contribution is -0.123. The van der Waals surface area contributed by atoms with Gasteiger partial charge in [-0.3, -0.25) is 14.9 Å². The van der Waals surface area contributed by atoms with E-state index in [2.05, 4.69) is 20.7 Å². The highest BCUT2D eigenvalue weighted by atomic mass is 35.5. The molecule has 0 spiro atoms. The summed E-state index contributed by atoms with van der Waals surface area (Å²) >= 11 is 5.92. The van der Waals surface area contributed by atoms with E-state index in [1.807, 2.05) is 0 Å². The van der Waals surface area contributed by atoms with Crippen molar-refractivity contribution in [3.8, 4) is 22.9 Å². The number of benzene rings is 2. The minimum Gasteiger partial charge on any atom is -0.486 e. The van der Waals surface area contributed by atoms with Crippen molar-refractivity contribution in [2.45, 2.75) is 12.5 Å². The maximum atomic E-state index is 12.6. The first-order chi connectivity index (χ1) is 14.6. The number of anilines is 2. The smallest absolute Gasteiger partial charge is 0.252 e. The normalized spacial score (nSPS) is 16.7. The number of fused-ring (bicyclic) bond motifs is 2. The molecular formula is C20H16ClN5O4. The van der Waals surface area contributed by atoms with Gasteiger partial charge in [-0.25, -0.2) is 4.68 Å². The van der Waals surface area contributed by atoms with E-state index in [9.17, 15) is 9.59 Å². The maximum absolute atomic E-state index is 12.6. The van der Waals surface area contributed by atoms with Gasteiger partial charge < -0.3 is 14.8 Å². The Morgan fingerprint density at radius 1 is 1.17 bits per heavy atom. The van der Waals surface area contributed by atoms with Gasteiger partial charge in [0, 0.05) is 22.3 Å². The minimum atomic E-state index is -0.786. The molecule has 152 valence electrons. The molecule has 2 aromatic carbocycles. The first-order valence-electron chi connectivity index (χ1n) is 9.30. The standard InChI is InChI=1S/C20H16ClN5O4/c21-12-3-1-11(2-4-12)18-23-20-24-19(28)14(26(20)25-18)10-17(27)22-13-5-6-15-16(9-13)30-8-7-29-15/h1-6,9,14H,7-8,10H2,(H,22,27)(H,23,24,25,28). The van der Waals surface area contributed by atoms with E-state index >= 15 is 0 Å². The van der Waals surface area contributed by atoms with Crippen LogP contribution >= 0.6 is 11.6 Å². The lowest BCUT2D eigenvalue weighted by atomic mass is 10.2. The second-order valence-corrected chi connectivity index (χ2v) is 7.26. The van der Waals surface area contributed by atoms with Gasteiger partial charge in [0.2, 0.25) is 11.9 Å². The second-order valence-electron chi connectivity index (χ2n) is 6.83. The Balaban J connectivity index is 1.31. The number of nitrogens with one attached hydrogen (secondary N) is 2. The van der Waals surface area contributed by atoms with Crippen LogP contribution in [-0.2, 0) is 9.59 Å². The molecule has 0 saturated heterocycles. The summed E-state index contributed by atoms with van der Waals surface area (Å²) < 4.78 is 12.4. The number of ether oxygens (including phenoxy) is 2. The molecule has 1 unspecified atom stereocenters. The van der Waals surface area contributed by atoms with Crippen molar-refractivity contribution in [3.63, 3.8) is 0 Å². The summed E-state index contributed by atoms with van der Waals surface area (Å²) in [5.41, 5.74) is 1.32. The van der Waals surface area contributed by atoms with Crippen molar-refractivity contribution in [1.29, 1.82) is 0 Å². The quantitative estimate of drug-likeness (QED) is 0.665. The van der Waals surface area contributed by atoms with Crippen LogP contribution < -0.4 is 20.1 Å². The van der Waals surface area contributed by atoms with E-state index in [0.717, 1.165) is 5.56 Å². The van der Waals surface area contributed by atoms with Crippen LogP contribution in [0.3, 0.4) is 0 Å². The van der Waals surface area contributed by atoms with Crippen LogP contribution in [-0.4, -0.2) is 39.8 Å². The molecule has 2 aliphatic heterocycles. The van der Waals surface area contributed by atoms with Gasteiger partial charge >= 0.3 is 0 Å². The van der Waals surface area contributed by atoms with Gasteiger partial charge in [-0.05, 0) is 36.4 Å². The molecule has 9 nitrogen and oxygen atoms in total. The van der Waals surface area contributed by atoms with Crippen molar-refractivity contribution < 1.29 is 19.1 Å². The lowest BCUT2D eigenvalue weighted by Gasteiger charge is -2.19. The fourth-order valence-corrected chi connectivity index (χ4v) is 3.47. The molecule has 30 heavy (non-hydrogen) atoms. The Kier molecular flexibility index (Phi) is 4.51. The molecule has 0 radical (unpaired) electrons. The largest absolute Gasteiger partial charge is 0.486 e. The highest BCUT2D eigenvalue weighted by Crippen LogP contribution is 2.33. The SMILES string of the molecule is O=C(CC1C(=O)Nc2nc(-c3ccc(Cl)cc3)nn21)Nc1ccc2c(c1)OCCO2. The first kappa shape index (κ1) is 18.4. The summed E-state index contributed by atoms with van der Waals surface area (Å²) in [6, 6.07) is 11.4. The Morgan fingerprint density at radius 3 is 2.73 bits per heavy atom. The van der Waals surface area contributed by atoms with Gasteiger partial charge in [0.25, 0.3) is 5.91 Å². The number of hydrogen-bond acceptors (Lipinski definition) is 6.